The Labute approximate surface area is 141 Å². The maximum absolute atomic E-state index is 12.7. The van der Waals surface area contributed by atoms with Crippen molar-refractivity contribution >= 4 is 11.6 Å². The highest BCUT2D eigenvalue weighted by molar-refractivity contribution is 5.95. The maximum atomic E-state index is 12.7. The van der Waals surface area contributed by atoms with Gasteiger partial charge in [-0.05, 0) is 37.4 Å². The fraction of sp³-hybridized carbons (Fsp3) is 0.500. The Kier molecular flexibility index (Phi) is 4.06. The molecule has 0 bridgehead atoms. The molecule has 0 spiro atoms. The molecule has 0 aliphatic carbocycles. The Bertz CT molecular complexity index is 742. The third kappa shape index (κ3) is 2.82. The number of hydrogen-bond donors (Lipinski definition) is 0. The van der Waals surface area contributed by atoms with Crippen LogP contribution in [0, 0.1) is 6.92 Å². The van der Waals surface area contributed by atoms with E-state index in [0.717, 1.165) is 50.4 Å². The fourth-order valence-electron chi connectivity index (χ4n) is 3.81. The Balaban J connectivity index is 1.39. The van der Waals surface area contributed by atoms with Crippen LogP contribution in [0.1, 0.15) is 42.6 Å². The zero-order valence-corrected chi connectivity index (χ0v) is 13.9. The van der Waals surface area contributed by atoms with Crippen molar-refractivity contribution in [2.24, 2.45) is 0 Å². The van der Waals surface area contributed by atoms with Crippen molar-refractivity contribution in [1.82, 2.24) is 15.0 Å². The molecule has 3 heterocycles. The lowest BCUT2D eigenvalue weighted by Crippen LogP contribution is -2.33. The first-order valence-electron chi connectivity index (χ1n) is 8.65. The molecule has 2 aliphatic rings. The summed E-state index contributed by atoms with van der Waals surface area (Å²) in [7, 11) is 0. The summed E-state index contributed by atoms with van der Waals surface area (Å²) in [5.74, 6) is 1.56. The molecular weight excluding hydrogens is 304 g/mol. The largest absolute Gasteiger partial charge is 0.340 e. The summed E-state index contributed by atoms with van der Waals surface area (Å²) in [5, 5.41) is 4.06. The van der Waals surface area contributed by atoms with Gasteiger partial charge in [0.25, 0.3) is 0 Å². The van der Waals surface area contributed by atoms with Gasteiger partial charge in [0.05, 0.1) is 6.04 Å². The third-order valence-corrected chi connectivity index (χ3v) is 5.01. The standard InChI is InChI=1S/C18H22N4O2/c1-13-19-18(20-24-13)16-7-4-10-21(16)11-9-17(23)22-12-8-14-5-2-3-6-15(14)22/h2-3,5-6,16H,4,7-12H2,1H3/t16-/m1/s1. The van der Waals surface area contributed by atoms with Gasteiger partial charge in [0.1, 0.15) is 0 Å². The molecular formula is C18H22N4O2. The Hall–Kier alpha value is -2.21. The minimum Gasteiger partial charge on any atom is -0.340 e. The zero-order valence-electron chi connectivity index (χ0n) is 13.9. The highest BCUT2D eigenvalue weighted by atomic mass is 16.5. The number of fused-ring (bicyclic) bond motifs is 1. The van der Waals surface area contributed by atoms with Crippen molar-refractivity contribution in [2.75, 3.05) is 24.5 Å². The van der Waals surface area contributed by atoms with E-state index in [0.29, 0.717) is 12.3 Å². The number of anilines is 1. The molecule has 0 radical (unpaired) electrons. The molecule has 0 N–H and O–H groups in total. The van der Waals surface area contributed by atoms with Gasteiger partial charge in [-0.25, -0.2) is 0 Å². The first-order chi connectivity index (χ1) is 11.7. The van der Waals surface area contributed by atoms with Crippen LogP contribution in [0.3, 0.4) is 0 Å². The van der Waals surface area contributed by atoms with Crippen LogP contribution in [0.4, 0.5) is 5.69 Å². The van der Waals surface area contributed by atoms with Crippen LogP contribution < -0.4 is 4.90 Å². The molecule has 6 heteroatoms. The molecule has 126 valence electrons. The minimum absolute atomic E-state index is 0.182. The zero-order chi connectivity index (χ0) is 16.5. The highest BCUT2D eigenvalue weighted by Crippen LogP contribution is 2.31. The predicted octanol–water partition coefficient (Wildman–Crippen LogP) is 2.49. The van der Waals surface area contributed by atoms with E-state index in [4.69, 9.17) is 4.52 Å². The molecule has 1 atom stereocenters. The smallest absolute Gasteiger partial charge is 0.228 e. The van der Waals surface area contributed by atoms with Crippen LogP contribution in [-0.4, -0.2) is 40.6 Å². The summed E-state index contributed by atoms with van der Waals surface area (Å²) in [6.07, 6.45) is 3.62. The van der Waals surface area contributed by atoms with E-state index in [9.17, 15) is 4.79 Å². The molecule has 6 nitrogen and oxygen atoms in total. The van der Waals surface area contributed by atoms with E-state index in [-0.39, 0.29) is 11.9 Å². The van der Waals surface area contributed by atoms with Gasteiger partial charge in [-0.2, -0.15) is 4.98 Å². The second kappa shape index (κ2) is 6.36. The van der Waals surface area contributed by atoms with Crippen molar-refractivity contribution in [3.63, 3.8) is 0 Å². The lowest BCUT2D eigenvalue weighted by atomic mass is 10.2. The van der Waals surface area contributed by atoms with Crippen LogP contribution in [0.2, 0.25) is 0 Å². The number of nitrogens with zero attached hydrogens (tertiary/aromatic N) is 4. The third-order valence-electron chi connectivity index (χ3n) is 5.01. The van der Waals surface area contributed by atoms with Crippen molar-refractivity contribution in [3.05, 3.63) is 41.5 Å². The summed E-state index contributed by atoms with van der Waals surface area (Å²) in [6, 6.07) is 8.37. The van der Waals surface area contributed by atoms with Crippen molar-refractivity contribution in [1.29, 1.82) is 0 Å². The molecule has 0 saturated carbocycles. The second-order valence-electron chi connectivity index (χ2n) is 6.54. The number of carbonyl (C=O) groups is 1. The lowest BCUT2D eigenvalue weighted by Gasteiger charge is -2.23. The quantitative estimate of drug-likeness (QED) is 0.864. The number of likely N-dealkylation sites (tertiary alicyclic amines) is 1. The number of aryl methyl sites for hydroxylation is 1. The van der Waals surface area contributed by atoms with Crippen LogP contribution in [0.15, 0.2) is 28.8 Å². The highest BCUT2D eigenvalue weighted by Gasteiger charge is 2.31. The van der Waals surface area contributed by atoms with E-state index in [1.54, 1.807) is 0 Å². The summed E-state index contributed by atoms with van der Waals surface area (Å²) in [6.45, 7) is 4.34. The van der Waals surface area contributed by atoms with E-state index in [1.807, 2.05) is 30.0 Å². The normalized spacial score (nSPS) is 20.5. The fourth-order valence-corrected chi connectivity index (χ4v) is 3.81. The average Bonchev–Trinajstić information content (AvgIpc) is 3.31. The Morgan fingerprint density at radius 1 is 1.33 bits per heavy atom. The first-order valence-corrected chi connectivity index (χ1v) is 8.65. The molecule has 1 aromatic heterocycles. The van der Waals surface area contributed by atoms with Crippen LogP contribution >= 0.6 is 0 Å². The number of rotatable bonds is 4. The summed E-state index contributed by atoms with van der Waals surface area (Å²) in [5.41, 5.74) is 2.35. The van der Waals surface area contributed by atoms with Gasteiger partial charge in [-0.3, -0.25) is 9.69 Å². The predicted molar refractivity (Wildman–Crippen MR) is 89.7 cm³/mol. The Morgan fingerprint density at radius 3 is 3.04 bits per heavy atom. The first kappa shape index (κ1) is 15.3. The second-order valence-corrected chi connectivity index (χ2v) is 6.54. The van der Waals surface area contributed by atoms with E-state index >= 15 is 0 Å². The summed E-state index contributed by atoms with van der Waals surface area (Å²) >= 11 is 0. The lowest BCUT2D eigenvalue weighted by molar-refractivity contribution is -0.118. The minimum atomic E-state index is 0.182. The summed E-state index contributed by atoms with van der Waals surface area (Å²) in [4.78, 5) is 21.3. The summed E-state index contributed by atoms with van der Waals surface area (Å²) < 4.78 is 5.11. The molecule has 1 amide bonds. The van der Waals surface area contributed by atoms with Gasteiger partial charge >= 0.3 is 0 Å². The van der Waals surface area contributed by atoms with E-state index < -0.39 is 0 Å². The van der Waals surface area contributed by atoms with Crippen molar-refractivity contribution in [3.8, 4) is 0 Å². The molecule has 2 aliphatic heterocycles. The Morgan fingerprint density at radius 2 is 2.21 bits per heavy atom. The molecule has 24 heavy (non-hydrogen) atoms. The van der Waals surface area contributed by atoms with E-state index in [2.05, 4.69) is 21.1 Å². The van der Waals surface area contributed by atoms with Crippen LogP contribution in [-0.2, 0) is 11.2 Å². The number of para-hydroxylation sites is 1. The number of hydrogen-bond acceptors (Lipinski definition) is 5. The van der Waals surface area contributed by atoms with Crippen molar-refractivity contribution < 1.29 is 9.32 Å². The van der Waals surface area contributed by atoms with E-state index in [1.165, 1.54) is 5.56 Å². The van der Waals surface area contributed by atoms with Crippen LogP contribution in [0.5, 0.6) is 0 Å². The number of aromatic nitrogens is 2. The van der Waals surface area contributed by atoms with Crippen LogP contribution in [0.25, 0.3) is 0 Å². The molecule has 0 unspecified atom stereocenters. The van der Waals surface area contributed by atoms with Gasteiger partial charge in [0, 0.05) is 32.1 Å². The molecule has 1 aromatic carbocycles. The molecule has 2 aromatic rings. The van der Waals surface area contributed by atoms with Gasteiger partial charge < -0.3 is 9.42 Å². The SMILES string of the molecule is Cc1nc([C@H]2CCCN2CCC(=O)N2CCc3ccccc32)no1. The number of amides is 1. The van der Waals surface area contributed by atoms with Gasteiger partial charge in [0.15, 0.2) is 5.82 Å². The number of benzene rings is 1. The molecule has 1 fully saturated rings. The number of carbonyl (C=O) groups excluding carboxylic acids is 1. The van der Waals surface area contributed by atoms with Gasteiger partial charge in [-0.15, -0.1) is 0 Å². The topological polar surface area (TPSA) is 62.5 Å². The monoisotopic (exact) mass is 326 g/mol. The molecule has 4 rings (SSSR count). The molecule has 1 saturated heterocycles. The van der Waals surface area contributed by atoms with Gasteiger partial charge in [0.2, 0.25) is 11.8 Å². The van der Waals surface area contributed by atoms with Crippen molar-refractivity contribution in [2.45, 2.75) is 38.6 Å². The maximum Gasteiger partial charge on any atom is 0.228 e. The average molecular weight is 326 g/mol. The van der Waals surface area contributed by atoms with Gasteiger partial charge in [-0.1, -0.05) is 23.4 Å².